The second-order valence-corrected chi connectivity index (χ2v) is 10.7. The molecule has 7 heteroatoms. The molecule has 1 atom stereocenters. The van der Waals surface area contributed by atoms with Gasteiger partial charge < -0.3 is 10.2 Å². The number of piperidine rings is 1. The van der Waals surface area contributed by atoms with E-state index in [2.05, 4.69) is 51.0 Å². The fourth-order valence-corrected chi connectivity index (χ4v) is 4.34. The van der Waals surface area contributed by atoms with E-state index in [1.54, 1.807) is 11.3 Å². The molecule has 3 heterocycles. The Hall–Kier alpha value is -2.02. The van der Waals surface area contributed by atoms with Gasteiger partial charge in [0.05, 0.1) is 15.6 Å². The summed E-state index contributed by atoms with van der Waals surface area (Å²) in [5.74, 6) is 2.03. The highest BCUT2D eigenvalue weighted by Gasteiger charge is 2.28. The number of hydrogen-bond acceptors (Lipinski definition) is 6. The van der Waals surface area contributed by atoms with Gasteiger partial charge in [-0.15, -0.1) is 11.3 Å². The van der Waals surface area contributed by atoms with Gasteiger partial charge in [-0.1, -0.05) is 20.8 Å². The van der Waals surface area contributed by atoms with Crippen LogP contribution in [0.3, 0.4) is 0 Å². The van der Waals surface area contributed by atoms with Gasteiger partial charge in [0.1, 0.15) is 5.82 Å². The van der Waals surface area contributed by atoms with Crippen LogP contribution in [-0.2, 0) is 4.79 Å². The molecule has 0 spiro atoms. The molecule has 2 aromatic heterocycles. The van der Waals surface area contributed by atoms with Gasteiger partial charge in [0.15, 0.2) is 5.82 Å². The zero-order valence-electron chi connectivity index (χ0n) is 18.5. The summed E-state index contributed by atoms with van der Waals surface area (Å²) in [7, 11) is 0. The Morgan fingerprint density at radius 3 is 2.72 bits per heavy atom. The van der Waals surface area contributed by atoms with Gasteiger partial charge in [0.2, 0.25) is 5.91 Å². The average Bonchev–Trinajstić information content (AvgIpc) is 3.06. The van der Waals surface area contributed by atoms with Gasteiger partial charge >= 0.3 is 0 Å². The van der Waals surface area contributed by atoms with Crippen LogP contribution in [0, 0.1) is 12.3 Å². The lowest BCUT2D eigenvalue weighted by molar-refractivity contribution is -0.134. The van der Waals surface area contributed by atoms with Crippen LogP contribution < -0.4 is 5.32 Å². The summed E-state index contributed by atoms with van der Waals surface area (Å²) in [6.45, 7) is 14.1. The lowest BCUT2D eigenvalue weighted by Crippen LogP contribution is -2.40. The van der Waals surface area contributed by atoms with Crippen molar-refractivity contribution < 1.29 is 4.79 Å². The first-order valence-electron chi connectivity index (χ1n) is 10.5. The largest absolute Gasteiger partial charge is 0.368 e. The predicted octanol–water partition coefficient (Wildman–Crippen LogP) is 4.87. The molecule has 1 unspecified atom stereocenters. The topological polar surface area (TPSA) is 71.0 Å². The molecule has 6 nitrogen and oxygen atoms in total. The molecule has 1 aliphatic heterocycles. The molecule has 1 N–H and O–H groups in total. The van der Waals surface area contributed by atoms with E-state index in [0.29, 0.717) is 6.42 Å². The molecule has 1 amide bonds. The smallest absolute Gasteiger partial charge is 0.223 e. The predicted molar refractivity (Wildman–Crippen MR) is 119 cm³/mol. The Labute approximate surface area is 178 Å². The molecule has 0 radical (unpaired) electrons. The van der Waals surface area contributed by atoms with Crippen LogP contribution >= 0.6 is 11.3 Å². The van der Waals surface area contributed by atoms with E-state index in [0.717, 1.165) is 53.2 Å². The van der Waals surface area contributed by atoms with Crippen LogP contribution in [0.2, 0.25) is 0 Å². The van der Waals surface area contributed by atoms with Crippen LogP contribution in [0.25, 0.3) is 10.7 Å². The summed E-state index contributed by atoms with van der Waals surface area (Å²) in [5.41, 5.74) is 1.02. The van der Waals surface area contributed by atoms with Crippen molar-refractivity contribution in [1.29, 1.82) is 0 Å². The van der Waals surface area contributed by atoms with Crippen molar-refractivity contribution in [2.45, 2.75) is 72.8 Å². The number of rotatable bonds is 5. The van der Waals surface area contributed by atoms with Crippen molar-refractivity contribution in [3.8, 4) is 10.7 Å². The van der Waals surface area contributed by atoms with Gasteiger partial charge in [0.25, 0.3) is 0 Å². The lowest BCUT2D eigenvalue weighted by Gasteiger charge is -2.34. The van der Waals surface area contributed by atoms with Crippen LogP contribution in [0.1, 0.15) is 70.5 Å². The third-order valence-corrected chi connectivity index (χ3v) is 5.81. The molecule has 0 aliphatic carbocycles. The van der Waals surface area contributed by atoms with Crippen molar-refractivity contribution in [1.82, 2.24) is 19.9 Å². The van der Waals surface area contributed by atoms with Crippen molar-refractivity contribution in [2.75, 3.05) is 18.4 Å². The Bertz CT molecular complexity index is 855. The number of aryl methyl sites for hydroxylation is 1. The second-order valence-electron chi connectivity index (χ2n) is 9.46. The molecule has 1 fully saturated rings. The van der Waals surface area contributed by atoms with Crippen molar-refractivity contribution in [3.63, 3.8) is 0 Å². The zero-order chi connectivity index (χ0) is 21.2. The zero-order valence-corrected chi connectivity index (χ0v) is 19.3. The summed E-state index contributed by atoms with van der Waals surface area (Å²) in [5, 5.41) is 4.42. The van der Waals surface area contributed by atoms with Crippen molar-refractivity contribution >= 4 is 23.1 Å². The molecule has 29 heavy (non-hydrogen) atoms. The van der Waals surface area contributed by atoms with Crippen LogP contribution in [0.5, 0.6) is 0 Å². The number of thiazole rings is 1. The highest BCUT2D eigenvalue weighted by molar-refractivity contribution is 7.14. The summed E-state index contributed by atoms with van der Waals surface area (Å²) < 4.78 is 0. The van der Waals surface area contributed by atoms with Crippen molar-refractivity contribution in [3.05, 3.63) is 23.0 Å². The van der Waals surface area contributed by atoms with Crippen LogP contribution in [0.4, 0.5) is 5.82 Å². The minimum Gasteiger partial charge on any atom is -0.368 e. The number of anilines is 1. The van der Waals surface area contributed by atoms with E-state index in [-0.39, 0.29) is 23.3 Å². The van der Waals surface area contributed by atoms with E-state index in [1.807, 2.05) is 18.0 Å². The Morgan fingerprint density at radius 1 is 1.34 bits per heavy atom. The van der Waals surface area contributed by atoms with Gasteiger partial charge in [0, 0.05) is 43.7 Å². The van der Waals surface area contributed by atoms with E-state index in [1.165, 1.54) is 0 Å². The number of amides is 1. The molecule has 1 aliphatic rings. The van der Waals surface area contributed by atoms with Crippen LogP contribution in [0.15, 0.2) is 12.3 Å². The second kappa shape index (κ2) is 8.78. The quantitative estimate of drug-likeness (QED) is 0.754. The normalized spacial score (nSPS) is 17.6. The van der Waals surface area contributed by atoms with Crippen molar-refractivity contribution in [2.24, 2.45) is 5.41 Å². The molecule has 1 saturated heterocycles. The molecule has 0 saturated carbocycles. The Morgan fingerprint density at radius 2 is 2.10 bits per heavy atom. The van der Waals surface area contributed by atoms with E-state index >= 15 is 0 Å². The SMILES string of the molecule is Cc1ncc(-c2nc(NC(C)C)cc(C3CCCN(C(=O)CC(C)(C)C)C3)n2)s1. The number of nitrogens with zero attached hydrogens (tertiary/aromatic N) is 4. The number of hydrogen-bond donors (Lipinski definition) is 1. The van der Waals surface area contributed by atoms with Gasteiger partial charge in [-0.25, -0.2) is 15.0 Å². The maximum Gasteiger partial charge on any atom is 0.223 e. The number of nitrogens with one attached hydrogen (secondary N) is 1. The molecular formula is C22H33N5OS. The number of carbonyl (C=O) groups is 1. The van der Waals surface area contributed by atoms with Gasteiger partial charge in [-0.3, -0.25) is 4.79 Å². The lowest BCUT2D eigenvalue weighted by atomic mass is 9.89. The summed E-state index contributed by atoms with van der Waals surface area (Å²) in [6, 6.07) is 2.34. The number of likely N-dealkylation sites (tertiary alicyclic amines) is 1. The fourth-order valence-electron chi connectivity index (χ4n) is 3.63. The molecule has 3 rings (SSSR count). The Balaban J connectivity index is 1.87. The molecule has 0 bridgehead atoms. The minimum atomic E-state index is 0.00446. The minimum absolute atomic E-state index is 0.00446. The van der Waals surface area contributed by atoms with Crippen LogP contribution in [-0.4, -0.2) is 44.9 Å². The maximum absolute atomic E-state index is 12.8. The fraction of sp³-hybridized carbons (Fsp3) is 0.636. The van der Waals surface area contributed by atoms with Gasteiger partial charge in [-0.2, -0.15) is 0 Å². The van der Waals surface area contributed by atoms with Gasteiger partial charge in [-0.05, 0) is 39.0 Å². The molecular weight excluding hydrogens is 382 g/mol. The summed E-state index contributed by atoms with van der Waals surface area (Å²) in [4.78, 5) is 29.7. The molecule has 2 aromatic rings. The number of carbonyl (C=O) groups excluding carboxylic acids is 1. The first-order valence-corrected chi connectivity index (χ1v) is 11.3. The first kappa shape index (κ1) is 21.7. The van der Waals surface area contributed by atoms with E-state index < -0.39 is 0 Å². The Kier molecular flexibility index (Phi) is 6.56. The maximum atomic E-state index is 12.8. The third-order valence-electron chi connectivity index (χ3n) is 4.90. The number of aromatic nitrogens is 3. The van der Waals surface area contributed by atoms with E-state index in [4.69, 9.17) is 9.97 Å². The van der Waals surface area contributed by atoms with E-state index in [9.17, 15) is 4.79 Å². The highest BCUT2D eigenvalue weighted by Crippen LogP contribution is 2.31. The molecule has 158 valence electrons. The summed E-state index contributed by atoms with van der Waals surface area (Å²) >= 11 is 1.61. The average molecular weight is 416 g/mol. The summed E-state index contributed by atoms with van der Waals surface area (Å²) in [6.07, 6.45) is 4.47. The first-order chi connectivity index (χ1) is 13.6. The standard InChI is InChI=1S/C22H33N5OS/c1-14(2)24-19-10-17(25-21(26-19)18-12-23-15(3)29-18)16-8-7-9-27(13-16)20(28)11-22(4,5)6/h10,12,14,16H,7-9,11,13H2,1-6H3,(H,24,25,26). The highest BCUT2D eigenvalue weighted by atomic mass is 32.1. The monoisotopic (exact) mass is 415 g/mol. The third kappa shape index (κ3) is 5.98. The molecule has 0 aromatic carbocycles.